The van der Waals surface area contributed by atoms with Gasteiger partial charge in [-0.15, -0.1) is 0 Å². The van der Waals surface area contributed by atoms with Gasteiger partial charge in [-0.1, -0.05) is 24.4 Å². The highest BCUT2D eigenvalue weighted by Crippen LogP contribution is 2.18. The van der Waals surface area contributed by atoms with Crippen LogP contribution in [0, 0.1) is 0 Å². The molecule has 0 heterocycles. The van der Waals surface area contributed by atoms with Gasteiger partial charge in [0.15, 0.2) is 0 Å². The standard InChI is InChI=1S/C14H17N3O2S/c1-17(8-12(18)16-11-6-7-11)14(19)10-4-2-9(3-5-10)13(15)20/h2-5,11H,6-8H2,1H3,(H2,15,20)(H,16,18). The SMILES string of the molecule is CN(CC(=O)NC1CC1)C(=O)c1ccc(C(N)=S)cc1. The number of nitrogens with one attached hydrogen (secondary N) is 1. The molecule has 20 heavy (non-hydrogen) atoms. The van der Waals surface area contributed by atoms with Gasteiger partial charge in [0.1, 0.15) is 4.99 Å². The maximum absolute atomic E-state index is 12.1. The van der Waals surface area contributed by atoms with Gasteiger partial charge in [-0.25, -0.2) is 0 Å². The molecule has 1 aliphatic carbocycles. The third-order valence-electron chi connectivity index (χ3n) is 3.09. The summed E-state index contributed by atoms with van der Waals surface area (Å²) in [5.41, 5.74) is 6.72. The van der Waals surface area contributed by atoms with E-state index >= 15 is 0 Å². The topological polar surface area (TPSA) is 75.4 Å². The van der Waals surface area contributed by atoms with Crippen molar-refractivity contribution in [2.75, 3.05) is 13.6 Å². The Hall–Kier alpha value is -1.95. The Morgan fingerprint density at radius 1 is 1.30 bits per heavy atom. The van der Waals surface area contributed by atoms with Gasteiger partial charge >= 0.3 is 0 Å². The molecule has 6 heteroatoms. The Bertz CT molecular complexity index is 538. The third kappa shape index (κ3) is 3.77. The first-order chi connectivity index (χ1) is 9.47. The zero-order valence-corrected chi connectivity index (χ0v) is 12.1. The molecule has 2 amide bonds. The molecule has 0 atom stereocenters. The average Bonchev–Trinajstić information content (AvgIpc) is 3.21. The molecule has 106 valence electrons. The van der Waals surface area contributed by atoms with Crippen LogP contribution in [0.15, 0.2) is 24.3 Å². The second kappa shape index (κ2) is 6.00. The molecule has 0 aliphatic heterocycles. The molecule has 5 nitrogen and oxygen atoms in total. The van der Waals surface area contributed by atoms with Crippen LogP contribution >= 0.6 is 12.2 Å². The molecule has 3 N–H and O–H groups in total. The van der Waals surface area contributed by atoms with E-state index in [0.29, 0.717) is 22.2 Å². The number of amides is 2. The van der Waals surface area contributed by atoms with Crippen LogP contribution in [0.2, 0.25) is 0 Å². The monoisotopic (exact) mass is 291 g/mol. The molecule has 1 saturated carbocycles. The fourth-order valence-corrected chi connectivity index (χ4v) is 1.92. The van der Waals surface area contributed by atoms with Crippen LogP contribution in [0.1, 0.15) is 28.8 Å². The largest absolute Gasteiger partial charge is 0.389 e. The molecule has 1 fully saturated rings. The molecule has 2 rings (SSSR count). The van der Waals surface area contributed by atoms with Crippen molar-refractivity contribution in [2.45, 2.75) is 18.9 Å². The first kappa shape index (κ1) is 14.5. The summed E-state index contributed by atoms with van der Waals surface area (Å²) in [5, 5.41) is 2.85. The first-order valence-electron chi connectivity index (χ1n) is 6.42. The van der Waals surface area contributed by atoms with Gasteiger partial charge in [-0.05, 0) is 25.0 Å². The smallest absolute Gasteiger partial charge is 0.254 e. The molecule has 0 radical (unpaired) electrons. The number of thiocarbonyl (C=S) groups is 1. The van der Waals surface area contributed by atoms with Crippen LogP contribution in [-0.2, 0) is 4.79 Å². The summed E-state index contributed by atoms with van der Waals surface area (Å²) in [5.74, 6) is -0.325. The predicted molar refractivity (Wildman–Crippen MR) is 80.5 cm³/mol. The van der Waals surface area contributed by atoms with Crippen LogP contribution in [0.25, 0.3) is 0 Å². The Morgan fingerprint density at radius 3 is 2.35 bits per heavy atom. The fourth-order valence-electron chi connectivity index (χ4n) is 1.79. The van der Waals surface area contributed by atoms with Crippen LogP contribution in [0.5, 0.6) is 0 Å². The van der Waals surface area contributed by atoms with Gasteiger partial charge in [0.05, 0.1) is 6.54 Å². The van der Waals surface area contributed by atoms with Crippen molar-refractivity contribution in [2.24, 2.45) is 5.73 Å². The summed E-state index contributed by atoms with van der Waals surface area (Å²) in [6.07, 6.45) is 2.06. The van der Waals surface area contributed by atoms with Crippen molar-refractivity contribution in [3.63, 3.8) is 0 Å². The number of rotatable bonds is 5. The van der Waals surface area contributed by atoms with E-state index in [4.69, 9.17) is 18.0 Å². The molecule has 0 unspecified atom stereocenters. The molecule has 0 saturated heterocycles. The van der Waals surface area contributed by atoms with Crippen molar-refractivity contribution in [3.05, 3.63) is 35.4 Å². The van der Waals surface area contributed by atoms with Crippen molar-refractivity contribution in [1.29, 1.82) is 0 Å². The Morgan fingerprint density at radius 2 is 1.85 bits per heavy atom. The molecule has 1 aliphatic rings. The van der Waals surface area contributed by atoms with E-state index in [-0.39, 0.29) is 18.4 Å². The number of benzene rings is 1. The van der Waals surface area contributed by atoms with Gasteiger partial charge < -0.3 is 16.0 Å². The zero-order valence-electron chi connectivity index (χ0n) is 11.3. The summed E-state index contributed by atoms with van der Waals surface area (Å²) in [7, 11) is 1.61. The van der Waals surface area contributed by atoms with Gasteiger partial charge in [-0.2, -0.15) is 0 Å². The third-order valence-corrected chi connectivity index (χ3v) is 3.32. The lowest BCUT2D eigenvalue weighted by molar-refractivity contribution is -0.121. The summed E-state index contributed by atoms with van der Waals surface area (Å²) in [4.78, 5) is 25.5. The van der Waals surface area contributed by atoms with Crippen LogP contribution in [-0.4, -0.2) is 41.3 Å². The Kier molecular flexibility index (Phi) is 4.34. The summed E-state index contributed by atoms with van der Waals surface area (Å²) >= 11 is 4.86. The fraction of sp³-hybridized carbons (Fsp3) is 0.357. The maximum Gasteiger partial charge on any atom is 0.254 e. The molecule has 0 bridgehead atoms. The minimum atomic E-state index is -0.203. The normalized spacial score (nSPS) is 13.7. The van der Waals surface area contributed by atoms with Gasteiger partial charge in [-0.3, -0.25) is 9.59 Å². The van der Waals surface area contributed by atoms with Crippen molar-refractivity contribution >= 4 is 29.0 Å². The molecular weight excluding hydrogens is 274 g/mol. The van der Waals surface area contributed by atoms with Crippen molar-refractivity contribution in [3.8, 4) is 0 Å². The minimum absolute atomic E-state index is 0.0619. The number of hydrogen-bond donors (Lipinski definition) is 2. The van der Waals surface area contributed by atoms with Crippen LogP contribution in [0.3, 0.4) is 0 Å². The average molecular weight is 291 g/mol. The first-order valence-corrected chi connectivity index (χ1v) is 6.83. The van der Waals surface area contributed by atoms with E-state index in [9.17, 15) is 9.59 Å². The summed E-state index contributed by atoms with van der Waals surface area (Å²) in [6, 6.07) is 7.02. The number of carbonyl (C=O) groups excluding carboxylic acids is 2. The maximum atomic E-state index is 12.1. The van der Waals surface area contributed by atoms with E-state index in [1.807, 2.05) is 0 Å². The van der Waals surface area contributed by atoms with E-state index in [1.165, 1.54) is 4.90 Å². The molecular formula is C14H17N3O2S. The predicted octanol–water partition coefficient (Wildman–Crippen LogP) is 0.671. The molecule has 0 spiro atoms. The quantitative estimate of drug-likeness (QED) is 0.782. The number of likely N-dealkylation sites (N-methyl/N-ethyl adjacent to an activating group) is 1. The van der Waals surface area contributed by atoms with Gasteiger partial charge in [0, 0.05) is 24.2 Å². The van der Waals surface area contributed by atoms with Gasteiger partial charge in [0.2, 0.25) is 5.91 Å². The second-order valence-electron chi connectivity index (χ2n) is 4.94. The van der Waals surface area contributed by atoms with E-state index in [2.05, 4.69) is 5.32 Å². The number of hydrogen-bond acceptors (Lipinski definition) is 3. The van der Waals surface area contributed by atoms with E-state index < -0.39 is 0 Å². The second-order valence-corrected chi connectivity index (χ2v) is 5.38. The minimum Gasteiger partial charge on any atom is -0.389 e. The summed E-state index contributed by atoms with van der Waals surface area (Å²) in [6.45, 7) is 0.0619. The number of carbonyl (C=O) groups is 2. The lowest BCUT2D eigenvalue weighted by atomic mass is 10.1. The Labute approximate surface area is 123 Å². The summed E-state index contributed by atoms with van der Waals surface area (Å²) < 4.78 is 0. The van der Waals surface area contributed by atoms with Crippen LogP contribution < -0.4 is 11.1 Å². The van der Waals surface area contributed by atoms with E-state index in [0.717, 1.165) is 12.8 Å². The lowest BCUT2D eigenvalue weighted by Crippen LogP contribution is -2.39. The number of nitrogens with two attached hydrogens (primary N) is 1. The van der Waals surface area contributed by atoms with Crippen molar-refractivity contribution in [1.82, 2.24) is 10.2 Å². The number of nitrogens with zero attached hydrogens (tertiary/aromatic N) is 1. The lowest BCUT2D eigenvalue weighted by Gasteiger charge is -2.17. The van der Waals surface area contributed by atoms with E-state index in [1.54, 1.807) is 31.3 Å². The molecule has 1 aromatic rings. The highest BCUT2D eigenvalue weighted by molar-refractivity contribution is 7.80. The van der Waals surface area contributed by atoms with Crippen LogP contribution in [0.4, 0.5) is 0 Å². The zero-order chi connectivity index (χ0) is 14.7. The van der Waals surface area contributed by atoms with Crippen molar-refractivity contribution < 1.29 is 9.59 Å². The Balaban J connectivity index is 1.94. The molecule has 1 aromatic carbocycles. The highest BCUT2D eigenvalue weighted by atomic mass is 32.1. The van der Waals surface area contributed by atoms with Gasteiger partial charge in [0.25, 0.3) is 5.91 Å². The highest BCUT2D eigenvalue weighted by Gasteiger charge is 2.24. The molecule has 0 aromatic heterocycles.